The Balaban J connectivity index is 4.24. The Hall–Kier alpha value is -3.79. The van der Waals surface area contributed by atoms with E-state index in [9.17, 15) is 19.5 Å². The largest absolute Gasteiger partial charge is 0.545 e. The minimum absolute atomic E-state index is 0.142. The SMILES string of the molecule is CC/C=C\C/C=C\C/C=C\C/C=C\CCCCCCCCCCCCCCCCC(=O)OC(COC(=O)CCCCCCCCCC/C=C\C/C=C\C/C=C\C/C=C\CC)COC(OCC[N+](C)(C)C)C(=O)[O-]. The molecule has 73 heavy (non-hydrogen) atoms. The Bertz CT molecular complexity index is 1520. The maximum Gasteiger partial charge on any atom is 0.306 e. The van der Waals surface area contributed by atoms with Crippen LogP contribution in [0.25, 0.3) is 0 Å². The number of hydrogen-bond acceptors (Lipinski definition) is 8. The lowest BCUT2D eigenvalue weighted by atomic mass is 10.0. The fourth-order valence-corrected chi connectivity index (χ4v) is 7.87. The molecular formula is C64H109NO8. The standard InChI is InChI=1S/C64H109NO8/c1-6-8-10-12-14-16-18-20-22-24-26-28-29-30-31-32-33-35-37-39-41-43-45-47-49-51-53-55-62(67)73-60(59-72-64(63(68)69)70-57-56-65(3,4)5)58-71-61(66)54-52-50-48-46-44-42-40-38-36-34-27-25-23-21-19-17-15-13-11-9-7-2/h8-11,14-17,20-23,26-28,34,60,64H,6-7,12-13,18-19,24-25,29-33,35-59H2,1-5H3/b10-8-,11-9-,16-14-,17-15-,22-20-,23-21-,28-26-,34-27-. The number of carbonyl (C=O) groups excluding carboxylic acids is 3. The highest BCUT2D eigenvalue weighted by atomic mass is 16.7. The number of allylic oxidation sites excluding steroid dienone is 16. The van der Waals surface area contributed by atoms with Crippen molar-refractivity contribution >= 4 is 17.9 Å². The average molecular weight is 1020 g/mol. The molecule has 0 aliphatic rings. The number of hydrogen-bond donors (Lipinski definition) is 0. The predicted octanol–water partition coefficient (Wildman–Crippen LogP) is 16.0. The molecular weight excluding hydrogens is 911 g/mol. The molecule has 0 aliphatic carbocycles. The molecule has 2 unspecified atom stereocenters. The zero-order valence-corrected chi connectivity index (χ0v) is 47.5. The van der Waals surface area contributed by atoms with Crippen molar-refractivity contribution < 1.29 is 42.9 Å². The molecule has 0 saturated heterocycles. The van der Waals surface area contributed by atoms with Gasteiger partial charge in [0.25, 0.3) is 0 Å². The summed E-state index contributed by atoms with van der Waals surface area (Å²) in [6, 6.07) is 0. The number of likely N-dealkylation sites (N-methyl/N-ethyl adjacent to an activating group) is 1. The third-order valence-corrected chi connectivity index (χ3v) is 12.3. The van der Waals surface area contributed by atoms with Gasteiger partial charge >= 0.3 is 11.9 Å². The van der Waals surface area contributed by atoms with Gasteiger partial charge in [-0.15, -0.1) is 0 Å². The van der Waals surface area contributed by atoms with Crippen LogP contribution in [0, 0.1) is 0 Å². The van der Waals surface area contributed by atoms with Crippen LogP contribution in [0.2, 0.25) is 0 Å². The van der Waals surface area contributed by atoms with E-state index < -0.39 is 24.3 Å². The molecule has 0 aliphatic heterocycles. The lowest BCUT2D eigenvalue weighted by molar-refractivity contribution is -0.870. The third kappa shape index (κ3) is 55.8. The summed E-state index contributed by atoms with van der Waals surface area (Å²) in [5.74, 6) is -2.30. The molecule has 0 N–H and O–H groups in total. The molecule has 9 nitrogen and oxygen atoms in total. The van der Waals surface area contributed by atoms with Gasteiger partial charge in [-0.2, -0.15) is 0 Å². The van der Waals surface area contributed by atoms with Crippen molar-refractivity contribution in [3.63, 3.8) is 0 Å². The molecule has 0 saturated carbocycles. The minimum Gasteiger partial charge on any atom is -0.545 e. The summed E-state index contributed by atoms with van der Waals surface area (Å²) < 4.78 is 22.7. The summed E-state index contributed by atoms with van der Waals surface area (Å²) in [6.45, 7) is 4.52. The van der Waals surface area contributed by atoms with Crippen LogP contribution in [0.4, 0.5) is 0 Å². The second-order valence-electron chi connectivity index (χ2n) is 20.5. The monoisotopic (exact) mass is 1020 g/mol. The number of ether oxygens (including phenoxy) is 4. The molecule has 0 rings (SSSR count). The zero-order valence-electron chi connectivity index (χ0n) is 47.5. The molecule has 418 valence electrons. The van der Waals surface area contributed by atoms with Gasteiger partial charge in [0.2, 0.25) is 0 Å². The van der Waals surface area contributed by atoms with Crippen molar-refractivity contribution in [1.29, 1.82) is 0 Å². The molecule has 0 heterocycles. The first-order valence-electron chi connectivity index (χ1n) is 29.4. The number of carboxylic acids is 1. The summed E-state index contributed by atoms with van der Waals surface area (Å²) in [7, 11) is 5.92. The van der Waals surface area contributed by atoms with Gasteiger partial charge in [-0.1, -0.05) is 227 Å². The first-order chi connectivity index (χ1) is 35.6. The minimum atomic E-state index is -1.63. The number of aliphatic carboxylic acids is 1. The summed E-state index contributed by atoms with van der Waals surface area (Å²) in [6.07, 6.45) is 70.2. The number of quaternary nitrogens is 1. The van der Waals surface area contributed by atoms with E-state index in [1.165, 1.54) is 96.3 Å². The molecule has 0 bridgehead atoms. The summed E-state index contributed by atoms with van der Waals surface area (Å²) in [5, 5.41) is 11.8. The van der Waals surface area contributed by atoms with Gasteiger partial charge in [0.15, 0.2) is 12.4 Å². The summed E-state index contributed by atoms with van der Waals surface area (Å²) in [4.78, 5) is 37.3. The zero-order chi connectivity index (χ0) is 53.4. The molecule has 0 amide bonds. The first-order valence-corrected chi connectivity index (χ1v) is 29.4. The molecule has 0 aromatic heterocycles. The van der Waals surface area contributed by atoms with Crippen molar-refractivity contribution in [2.45, 2.75) is 245 Å². The predicted molar refractivity (Wildman–Crippen MR) is 306 cm³/mol. The Labute approximate surface area is 448 Å². The quantitative estimate of drug-likeness (QED) is 0.0195. The fourth-order valence-electron chi connectivity index (χ4n) is 7.87. The molecule has 9 heteroatoms. The summed E-state index contributed by atoms with van der Waals surface area (Å²) in [5.41, 5.74) is 0. The number of rotatable bonds is 53. The Morgan fingerprint density at radius 1 is 0.411 bits per heavy atom. The maximum absolute atomic E-state index is 12.9. The van der Waals surface area contributed by atoms with Crippen LogP contribution in [0.5, 0.6) is 0 Å². The van der Waals surface area contributed by atoms with E-state index in [1.807, 2.05) is 21.1 Å². The van der Waals surface area contributed by atoms with E-state index in [2.05, 4.69) is 111 Å². The lowest BCUT2D eigenvalue weighted by Crippen LogP contribution is -2.44. The molecule has 2 atom stereocenters. The second kappa shape index (κ2) is 54.5. The highest BCUT2D eigenvalue weighted by Crippen LogP contribution is 2.16. The van der Waals surface area contributed by atoms with Crippen LogP contribution in [0.3, 0.4) is 0 Å². The van der Waals surface area contributed by atoms with E-state index in [1.54, 1.807) is 0 Å². The van der Waals surface area contributed by atoms with E-state index in [4.69, 9.17) is 18.9 Å². The number of carboxylic acid groups (broad SMARTS) is 1. The summed E-state index contributed by atoms with van der Waals surface area (Å²) >= 11 is 0. The number of carbonyl (C=O) groups is 3. The van der Waals surface area contributed by atoms with Gasteiger partial charge in [-0.05, 0) is 89.9 Å². The van der Waals surface area contributed by atoms with Crippen LogP contribution in [-0.2, 0) is 33.3 Å². The van der Waals surface area contributed by atoms with E-state index in [0.29, 0.717) is 17.4 Å². The van der Waals surface area contributed by atoms with Gasteiger partial charge < -0.3 is 33.3 Å². The smallest absolute Gasteiger partial charge is 0.306 e. The van der Waals surface area contributed by atoms with Gasteiger partial charge in [0.05, 0.1) is 40.3 Å². The van der Waals surface area contributed by atoms with Crippen LogP contribution < -0.4 is 5.11 Å². The van der Waals surface area contributed by atoms with Gasteiger partial charge in [-0.3, -0.25) is 9.59 Å². The molecule has 0 radical (unpaired) electrons. The van der Waals surface area contributed by atoms with Gasteiger partial charge in [0.1, 0.15) is 13.2 Å². The third-order valence-electron chi connectivity index (χ3n) is 12.3. The van der Waals surface area contributed by atoms with Crippen molar-refractivity contribution in [2.24, 2.45) is 0 Å². The lowest BCUT2D eigenvalue weighted by Gasteiger charge is -2.26. The van der Waals surface area contributed by atoms with Crippen LogP contribution in [0.15, 0.2) is 97.2 Å². The highest BCUT2D eigenvalue weighted by Gasteiger charge is 2.22. The molecule has 0 aromatic rings. The Morgan fingerprint density at radius 2 is 0.740 bits per heavy atom. The number of unbranched alkanes of at least 4 members (excludes halogenated alkanes) is 22. The Kier molecular flexibility index (Phi) is 51.6. The van der Waals surface area contributed by atoms with Crippen molar-refractivity contribution in [2.75, 3.05) is 47.5 Å². The van der Waals surface area contributed by atoms with Crippen molar-refractivity contribution in [1.82, 2.24) is 0 Å². The normalized spacial score (nSPS) is 13.5. The van der Waals surface area contributed by atoms with E-state index >= 15 is 0 Å². The molecule has 0 aromatic carbocycles. The van der Waals surface area contributed by atoms with Crippen LogP contribution in [-0.4, -0.2) is 82.3 Å². The van der Waals surface area contributed by atoms with Crippen molar-refractivity contribution in [3.8, 4) is 0 Å². The fraction of sp³-hybridized carbons (Fsp3) is 0.703. The maximum atomic E-state index is 12.9. The number of nitrogens with zero attached hydrogens (tertiary/aromatic N) is 1. The average Bonchev–Trinajstić information content (AvgIpc) is 3.36. The van der Waals surface area contributed by atoms with Gasteiger partial charge in [0, 0.05) is 12.8 Å². The second-order valence-corrected chi connectivity index (χ2v) is 20.5. The number of esters is 2. The topological polar surface area (TPSA) is 111 Å². The highest BCUT2D eigenvalue weighted by molar-refractivity contribution is 5.70. The van der Waals surface area contributed by atoms with E-state index in [0.717, 1.165) is 103 Å². The Morgan fingerprint density at radius 3 is 1.10 bits per heavy atom. The van der Waals surface area contributed by atoms with E-state index in [-0.39, 0.29) is 38.6 Å². The van der Waals surface area contributed by atoms with Crippen LogP contribution >= 0.6 is 0 Å². The van der Waals surface area contributed by atoms with Gasteiger partial charge in [-0.25, -0.2) is 0 Å². The molecule has 0 spiro atoms. The van der Waals surface area contributed by atoms with Crippen LogP contribution in [0.1, 0.15) is 232 Å². The first kappa shape index (κ1) is 69.2. The molecule has 0 fully saturated rings. The van der Waals surface area contributed by atoms with Crippen molar-refractivity contribution in [3.05, 3.63) is 97.2 Å².